The van der Waals surface area contributed by atoms with Gasteiger partial charge in [0.15, 0.2) is 0 Å². The summed E-state index contributed by atoms with van der Waals surface area (Å²) in [7, 11) is 0. The molecule has 21 heavy (non-hydrogen) atoms. The Morgan fingerprint density at radius 2 is 1.90 bits per heavy atom. The molecule has 1 rings (SSSR count). The van der Waals surface area contributed by atoms with Crippen LogP contribution in [0.3, 0.4) is 0 Å². The molecular weight excluding hydrogens is 300 g/mol. The number of hydrogen-bond donors (Lipinski definition) is 1. The molecule has 0 aliphatic heterocycles. The van der Waals surface area contributed by atoms with Crippen LogP contribution in [0, 0.1) is 11.6 Å². The molecule has 0 heterocycles. The Kier molecular flexibility index (Phi) is 6.10. The molecular formula is C15H20ClF2NO2. The summed E-state index contributed by atoms with van der Waals surface area (Å²) < 4.78 is 32.5. The topological polar surface area (TPSA) is 52.3 Å². The lowest BCUT2D eigenvalue weighted by Gasteiger charge is -2.21. The number of hydrogen-bond acceptors (Lipinski definition) is 3. The molecule has 1 atom stereocenters. The van der Waals surface area contributed by atoms with E-state index in [0.29, 0.717) is 0 Å². The second kappa shape index (κ2) is 7.18. The fourth-order valence-electron chi connectivity index (χ4n) is 1.98. The maximum absolute atomic E-state index is 13.8. The van der Waals surface area contributed by atoms with E-state index in [1.54, 1.807) is 20.8 Å². The van der Waals surface area contributed by atoms with Gasteiger partial charge >= 0.3 is 5.97 Å². The van der Waals surface area contributed by atoms with Crippen LogP contribution in [-0.4, -0.2) is 18.1 Å². The first-order valence-corrected chi connectivity index (χ1v) is 7.08. The molecule has 6 heteroatoms. The van der Waals surface area contributed by atoms with Crippen molar-refractivity contribution in [3.8, 4) is 0 Å². The molecule has 0 aliphatic carbocycles. The summed E-state index contributed by atoms with van der Waals surface area (Å²) in [6, 6.07) is 1.97. The molecule has 1 aromatic carbocycles. The van der Waals surface area contributed by atoms with Crippen LogP contribution in [0.4, 0.5) is 8.78 Å². The Morgan fingerprint density at radius 3 is 2.43 bits per heavy atom. The van der Waals surface area contributed by atoms with Crippen molar-refractivity contribution in [2.45, 2.75) is 45.1 Å². The highest BCUT2D eigenvalue weighted by Crippen LogP contribution is 2.32. The van der Waals surface area contributed by atoms with Gasteiger partial charge in [-0.05, 0) is 45.9 Å². The predicted octanol–water partition coefficient (Wildman–Crippen LogP) is 3.78. The Morgan fingerprint density at radius 1 is 1.33 bits per heavy atom. The van der Waals surface area contributed by atoms with Crippen molar-refractivity contribution < 1.29 is 18.3 Å². The van der Waals surface area contributed by atoms with Crippen LogP contribution < -0.4 is 5.73 Å². The third kappa shape index (κ3) is 5.25. The van der Waals surface area contributed by atoms with Crippen molar-refractivity contribution in [3.63, 3.8) is 0 Å². The van der Waals surface area contributed by atoms with Crippen molar-refractivity contribution in [2.75, 3.05) is 6.54 Å². The number of carbonyl (C=O) groups is 1. The van der Waals surface area contributed by atoms with Gasteiger partial charge in [0.25, 0.3) is 0 Å². The van der Waals surface area contributed by atoms with Gasteiger partial charge in [-0.25, -0.2) is 8.78 Å². The van der Waals surface area contributed by atoms with Gasteiger partial charge in [-0.15, -0.1) is 0 Å². The maximum Gasteiger partial charge on any atom is 0.306 e. The number of benzene rings is 1. The Balaban J connectivity index is 2.81. The molecule has 1 unspecified atom stereocenters. The van der Waals surface area contributed by atoms with Crippen LogP contribution >= 0.6 is 11.6 Å². The Bertz CT molecular complexity index is 515. The van der Waals surface area contributed by atoms with Gasteiger partial charge in [-0.3, -0.25) is 4.79 Å². The summed E-state index contributed by atoms with van der Waals surface area (Å²) >= 11 is 5.81. The Hall–Kier alpha value is -1.20. The normalized spacial score (nSPS) is 13.1. The van der Waals surface area contributed by atoms with E-state index in [0.717, 1.165) is 12.1 Å². The minimum Gasteiger partial charge on any atom is -0.460 e. The minimum atomic E-state index is -0.705. The fraction of sp³-hybridized carbons (Fsp3) is 0.533. The smallest absolute Gasteiger partial charge is 0.306 e. The molecule has 1 aromatic rings. The summed E-state index contributed by atoms with van der Waals surface area (Å²) in [6.45, 7) is 5.33. The first-order chi connectivity index (χ1) is 9.65. The number of esters is 1. The number of ether oxygens (including phenoxy) is 1. The van der Waals surface area contributed by atoms with Crippen molar-refractivity contribution in [1.29, 1.82) is 0 Å². The first-order valence-electron chi connectivity index (χ1n) is 6.71. The standard InChI is InChI=1S/C15H20ClF2NO2/c1-15(2,3)21-12(20)7-4-9(8-19)13-10(17)5-6-11(18)14(13)16/h5-6,9H,4,7-8,19H2,1-3H3. The summed E-state index contributed by atoms with van der Waals surface area (Å²) in [5, 5.41) is -0.283. The summed E-state index contributed by atoms with van der Waals surface area (Å²) in [5.41, 5.74) is 5.04. The highest BCUT2D eigenvalue weighted by atomic mass is 35.5. The molecule has 0 fully saturated rings. The van der Waals surface area contributed by atoms with Crippen LogP contribution in [0.25, 0.3) is 0 Å². The molecule has 0 radical (unpaired) electrons. The molecule has 0 aromatic heterocycles. The quantitative estimate of drug-likeness (QED) is 0.663. The Labute approximate surface area is 128 Å². The lowest BCUT2D eigenvalue weighted by molar-refractivity contribution is -0.155. The second-order valence-electron chi connectivity index (χ2n) is 5.81. The molecule has 0 saturated carbocycles. The largest absolute Gasteiger partial charge is 0.460 e. The average molecular weight is 320 g/mol. The van der Waals surface area contributed by atoms with E-state index >= 15 is 0 Å². The minimum absolute atomic E-state index is 0.0164. The van der Waals surface area contributed by atoms with E-state index in [-0.39, 0.29) is 30.0 Å². The molecule has 2 N–H and O–H groups in total. The molecule has 0 spiro atoms. The molecule has 0 saturated heterocycles. The van der Waals surface area contributed by atoms with Gasteiger partial charge in [-0.1, -0.05) is 11.6 Å². The highest BCUT2D eigenvalue weighted by molar-refractivity contribution is 6.31. The monoisotopic (exact) mass is 319 g/mol. The predicted molar refractivity (Wildman–Crippen MR) is 78.2 cm³/mol. The van der Waals surface area contributed by atoms with Crippen molar-refractivity contribution in [1.82, 2.24) is 0 Å². The third-order valence-electron chi connectivity index (χ3n) is 2.89. The summed E-state index contributed by atoms with van der Waals surface area (Å²) in [6.07, 6.45) is 0.303. The van der Waals surface area contributed by atoms with Crippen LogP contribution in [0.5, 0.6) is 0 Å². The van der Waals surface area contributed by atoms with E-state index in [4.69, 9.17) is 22.1 Å². The summed E-state index contributed by atoms with van der Waals surface area (Å²) in [4.78, 5) is 11.7. The van der Waals surface area contributed by atoms with E-state index in [9.17, 15) is 13.6 Å². The van der Waals surface area contributed by atoms with E-state index < -0.39 is 29.1 Å². The first kappa shape index (κ1) is 17.9. The van der Waals surface area contributed by atoms with Gasteiger partial charge in [0, 0.05) is 17.9 Å². The van der Waals surface area contributed by atoms with Gasteiger partial charge in [0.05, 0.1) is 5.02 Å². The number of halogens is 3. The zero-order valence-corrected chi connectivity index (χ0v) is 13.1. The van der Waals surface area contributed by atoms with E-state index in [1.165, 1.54) is 0 Å². The fourth-order valence-corrected chi connectivity index (χ4v) is 2.29. The lowest BCUT2D eigenvalue weighted by atomic mass is 9.93. The highest BCUT2D eigenvalue weighted by Gasteiger charge is 2.23. The number of carbonyl (C=O) groups excluding carboxylic acids is 1. The van der Waals surface area contributed by atoms with E-state index in [2.05, 4.69) is 0 Å². The zero-order chi connectivity index (χ0) is 16.2. The average Bonchev–Trinajstić information content (AvgIpc) is 2.36. The van der Waals surface area contributed by atoms with Gasteiger partial charge in [0.1, 0.15) is 17.2 Å². The van der Waals surface area contributed by atoms with Gasteiger partial charge in [0.2, 0.25) is 0 Å². The van der Waals surface area contributed by atoms with Crippen molar-refractivity contribution >= 4 is 17.6 Å². The van der Waals surface area contributed by atoms with Crippen molar-refractivity contribution in [2.24, 2.45) is 5.73 Å². The lowest BCUT2D eigenvalue weighted by Crippen LogP contribution is -2.24. The van der Waals surface area contributed by atoms with Crippen LogP contribution in [0.2, 0.25) is 5.02 Å². The van der Waals surface area contributed by atoms with Crippen LogP contribution in [0.1, 0.15) is 45.1 Å². The third-order valence-corrected chi connectivity index (χ3v) is 3.27. The van der Waals surface area contributed by atoms with Crippen molar-refractivity contribution in [3.05, 3.63) is 34.4 Å². The molecule has 118 valence electrons. The molecule has 0 bridgehead atoms. The summed E-state index contributed by atoms with van der Waals surface area (Å²) in [5.74, 6) is -2.28. The molecule has 0 amide bonds. The number of nitrogens with two attached hydrogens (primary N) is 1. The second-order valence-corrected chi connectivity index (χ2v) is 6.19. The van der Waals surface area contributed by atoms with Gasteiger partial charge in [-0.2, -0.15) is 0 Å². The van der Waals surface area contributed by atoms with Gasteiger partial charge < -0.3 is 10.5 Å². The number of rotatable bonds is 5. The zero-order valence-electron chi connectivity index (χ0n) is 12.4. The van der Waals surface area contributed by atoms with Crippen LogP contribution in [-0.2, 0) is 9.53 Å². The molecule has 0 aliphatic rings. The van der Waals surface area contributed by atoms with E-state index in [1.807, 2.05) is 0 Å². The SMILES string of the molecule is CC(C)(C)OC(=O)CCC(CN)c1c(F)ccc(F)c1Cl. The van der Waals surface area contributed by atoms with Crippen LogP contribution in [0.15, 0.2) is 12.1 Å². The maximum atomic E-state index is 13.8. The molecule has 3 nitrogen and oxygen atoms in total.